The van der Waals surface area contributed by atoms with Gasteiger partial charge in [-0.25, -0.2) is 13.1 Å². The summed E-state index contributed by atoms with van der Waals surface area (Å²) in [5, 5.41) is 13.0. The monoisotopic (exact) mass is 411 g/mol. The number of H-pyrrole nitrogens is 1. The molecule has 1 saturated carbocycles. The SMILES string of the molecule is Cl.O=C(Nc1ccc(S(=O)(=O)NCC2CC2)cc1)c1n[nH]c2c1CNCC2. The Kier molecular flexibility index (Phi) is 5.85. The molecule has 2 heterocycles. The van der Waals surface area contributed by atoms with Crippen molar-refractivity contribution in [3.63, 3.8) is 0 Å². The number of carbonyl (C=O) groups is 1. The predicted molar refractivity (Wildman–Crippen MR) is 104 cm³/mol. The van der Waals surface area contributed by atoms with Crippen molar-refractivity contribution in [3.8, 4) is 0 Å². The molecule has 0 unspecified atom stereocenters. The third-order valence-electron chi connectivity index (χ3n) is 4.70. The minimum atomic E-state index is -3.50. The lowest BCUT2D eigenvalue weighted by Crippen LogP contribution is -2.26. The van der Waals surface area contributed by atoms with Crippen LogP contribution in [0.25, 0.3) is 0 Å². The van der Waals surface area contributed by atoms with Crippen LogP contribution in [0.1, 0.15) is 34.6 Å². The third kappa shape index (κ3) is 4.49. The molecule has 27 heavy (non-hydrogen) atoms. The number of aromatic amines is 1. The summed E-state index contributed by atoms with van der Waals surface area (Å²) in [5.41, 5.74) is 2.76. The number of sulfonamides is 1. The summed E-state index contributed by atoms with van der Waals surface area (Å²) < 4.78 is 27.1. The van der Waals surface area contributed by atoms with Gasteiger partial charge in [0.15, 0.2) is 5.69 Å². The van der Waals surface area contributed by atoms with E-state index in [1.165, 1.54) is 12.1 Å². The van der Waals surface area contributed by atoms with Crippen molar-refractivity contribution in [2.24, 2.45) is 5.92 Å². The molecule has 0 atom stereocenters. The zero-order valence-corrected chi connectivity index (χ0v) is 16.3. The maximum atomic E-state index is 12.5. The fourth-order valence-electron chi connectivity index (χ4n) is 2.95. The second kappa shape index (κ2) is 7.97. The summed E-state index contributed by atoms with van der Waals surface area (Å²) in [4.78, 5) is 12.7. The number of carbonyl (C=O) groups excluding carboxylic acids is 1. The van der Waals surface area contributed by atoms with E-state index in [2.05, 4.69) is 25.6 Å². The fraction of sp³-hybridized carbons (Fsp3) is 0.412. The Balaban J connectivity index is 0.00000210. The van der Waals surface area contributed by atoms with Gasteiger partial charge in [0.2, 0.25) is 10.0 Å². The number of halogens is 1. The lowest BCUT2D eigenvalue weighted by molar-refractivity contribution is 0.102. The van der Waals surface area contributed by atoms with E-state index in [1.54, 1.807) is 12.1 Å². The van der Waals surface area contributed by atoms with Crippen LogP contribution in [-0.4, -0.2) is 37.6 Å². The largest absolute Gasteiger partial charge is 0.321 e. The van der Waals surface area contributed by atoms with Crippen LogP contribution in [0.2, 0.25) is 0 Å². The molecule has 2 aromatic rings. The van der Waals surface area contributed by atoms with E-state index in [1.807, 2.05) is 0 Å². The zero-order valence-electron chi connectivity index (χ0n) is 14.6. The molecule has 1 aliphatic heterocycles. The molecule has 8 nitrogen and oxygen atoms in total. The molecule has 1 aromatic heterocycles. The van der Waals surface area contributed by atoms with Crippen LogP contribution >= 0.6 is 12.4 Å². The van der Waals surface area contributed by atoms with E-state index in [9.17, 15) is 13.2 Å². The van der Waals surface area contributed by atoms with E-state index < -0.39 is 10.0 Å². The molecule has 0 saturated heterocycles. The summed E-state index contributed by atoms with van der Waals surface area (Å²) in [6, 6.07) is 6.15. The summed E-state index contributed by atoms with van der Waals surface area (Å²) in [5.74, 6) is 0.159. The summed E-state index contributed by atoms with van der Waals surface area (Å²) >= 11 is 0. The van der Waals surface area contributed by atoms with Crippen molar-refractivity contribution in [2.75, 3.05) is 18.4 Å². The van der Waals surface area contributed by atoms with E-state index in [0.29, 0.717) is 30.4 Å². The lowest BCUT2D eigenvalue weighted by atomic mass is 10.1. The number of nitrogens with zero attached hydrogens (tertiary/aromatic N) is 1. The molecular weight excluding hydrogens is 390 g/mol. The first-order valence-electron chi connectivity index (χ1n) is 8.71. The molecule has 1 fully saturated rings. The Morgan fingerprint density at radius 2 is 1.96 bits per heavy atom. The highest BCUT2D eigenvalue weighted by molar-refractivity contribution is 7.89. The van der Waals surface area contributed by atoms with Crippen molar-refractivity contribution in [3.05, 3.63) is 41.2 Å². The first-order chi connectivity index (χ1) is 12.5. The highest BCUT2D eigenvalue weighted by Crippen LogP contribution is 2.28. The Morgan fingerprint density at radius 1 is 1.22 bits per heavy atom. The Hall–Kier alpha value is -1.94. The Bertz CT molecular complexity index is 923. The normalized spacial score (nSPS) is 16.3. The number of amides is 1. The van der Waals surface area contributed by atoms with Crippen molar-refractivity contribution in [1.82, 2.24) is 20.2 Å². The van der Waals surface area contributed by atoms with E-state index in [0.717, 1.165) is 37.1 Å². The van der Waals surface area contributed by atoms with Gasteiger partial charge in [-0.2, -0.15) is 5.10 Å². The lowest BCUT2D eigenvalue weighted by Gasteiger charge is -2.13. The summed E-state index contributed by atoms with van der Waals surface area (Å²) in [7, 11) is -3.50. The van der Waals surface area contributed by atoms with Gasteiger partial charge in [-0.05, 0) is 43.0 Å². The highest BCUT2D eigenvalue weighted by atomic mass is 35.5. The first-order valence-corrected chi connectivity index (χ1v) is 10.2. The van der Waals surface area contributed by atoms with Crippen LogP contribution in [0, 0.1) is 5.92 Å². The van der Waals surface area contributed by atoms with Gasteiger partial charge < -0.3 is 10.6 Å². The quantitative estimate of drug-likeness (QED) is 0.573. The second-order valence-electron chi connectivity index (χ2n) is 6.73. The van der Waals surface area contributed by atoms with Crippen molar-refractivity contribution in [1.29, 1.82) is 0 Å². The second-order valence-corrected chi connectivity index (χ2v) is 8.50. The molecule has 10 heteroatoms. The number of hydrogen-bond donors (Lipinski definition) is 4. The average Bonchev–Trinajstić information content (AvgIpc) is 3.37. The van der Waals surface area contributed by atoms with Crippen LogP contribution < -0.4 is 15.4 Å². The fourth-order valence-corrected chi connectivity index (χ4v) is 4.07. The van der Waals surface area contributed by atoms with Gasteiger partial charge in [-0.1, -0.05) is 0 Å². The van der Waals surface area contributed by atoms with Gasteiger partial charge in [0, 0.05) is 43.0 Å². The molecule has 1 aliphatic carbocycles. The maximum absolute atomic E-state index is 12.5. The highest BCUT2D eigenvalue weighted by Gasteiger charge is 2.24. The van der Waals surface area contributed by atoms with Crippen LogP contribution in [0.3, 0.4) is 0 Å². The van der Waals surface area contributed by atoms with Gasteiger partial charge in [0.05, 0.1) is 4.90 Å². The minimum Gasteiger partial charge on any atom is -0.321 e. The number of hydrogen-bond acceptors (Lipinski definition) is 5. The average molecular weight is 412 g/mol. The number of nitrogens with one attached hydrogen (secondary N) is 4. The topological polar surface area (TPSA) is 116 Å². The number of rotatable bonds is 6. The Morgan fingerprint density at radius 3 is 2.67 bits per heavy atom. The standard InChI is InChI=1S/C17H21N5O3S.ClH/c23-17(16-14-10-18-8-7-15(14)21-22-16)20-12-3-5-13(6-4-12)26(24,25)19-9-11-1-2-11;/h3-6,11,18-19H,1-2,7-10H2,(H,20,23)(H,21,22);1H. The molecule has 4 rings (SSSR count). The van der Waals surface area contributed by atoms with E-state index in [-0.39, 0.29) is 23.2 Å². The van der Waals surface area contributed by atoms with Gasteiger partial charge in [0.25, 0.3) is 5.91 Å². The van der Waals surface area contributed by atoms with Crippen LogP contribution in [-0.2, 0) is 23.0 Å². The maximum Gasteiger partial charge on any atom is 0.276 e. The van der Waals surface area contributed by atoms with Crippen molar-refractivity contribution < 1.29 is 13.2 Å². The van der Waals surface area contributed by atoms with Gasteiger partial charge >= 0.3 is 0 Å². The molecule has 2 aliphatic rings. The van der Waals surface area contributed by atoms with E-state index >= 15 is 0 Å². The molecule has 4 N–H and O–H groups in total. The molecule has 1 amide bonds. The van der Waals surface area contributed by atoms with E-state index in [4.69, 9.17) is 0 Å². The molecular formula is C17H22ClN5O3S. The summed E-state index contributed by atoms with van der Waals surface area (Å²) in [6.07, 6.45) is 2.98. The molecule has 146 valence electrons. The number of aromatic nitrogens is 2. The number of fused-ring (bicyclic) bond motifs is 1. The van der Waals surface area contributed by atoms with Gasteiger partial charge in [-0.15, -0.1) is 12.4 Å². The minimum absolute atomic E-state index is 0. The van der Waals surface area contributed by atoms with Crippen molar-refractivity contribution in [2.45, 2.75) is 30.7 Å². The van der Waals surface area contributed by atoms with Gasteiger partial charge in [-0.3, -0.25) is 9.89 Å². The van der Waals surface area contributed by atoms with Crippen LogP contribution in [0.15, 0.2) is 29.2 Å². The van der Waals surface area contributed by atoms with Crippen LogP contribution in [0.5, 0.6) is 0 Å². The van der Waals surface area contributed by atoms with Gasteiger partial charge in [0.1, 0.15) is 0 Å². The van der Waals surface area contributed by atoms with Crippen LogP contribution in [0.4, 0.5) is 5.69 Å². The zero-order chi connectivity index (χ0) is 18.1. The molecule has 0 spiro atoms. The smallest absolute Gasteiger partial charge is 0.276 e. The third-order valence-corrected chi connectivity index (χ3v) is 6.14. The predicted octanol–water partition coefficient (Wildman–Crippen LogP) is 1.42. The molecule has 0 radical (unpaired) electrons. The van der Waals surface area contributed by atoms with Crippen molar-refractivity contribution >= 4 is 34.0 Å². The molecule has 1 aromatic carbocycles. The summed E-state index contributed by atoms with van der Waals surface area (Å²) in [6.45, 7) is 1.96. The Labute approximate surface area is 164 Å². The molecule has 0 bridgehead atoms. The number of anilines is 1. The first kappa shape index (κ1) is 19.8. The number of benzene rings is 1.